The summed E-state index contributed by atoms with van der Waals surface area (Å²) in [6.07, 6.45) is 6.31. The Morgan fingerprint density at radius 2 is 2.21 bits per heavy atom. The van der Waals surface area contributed by atoms with Crippen molar-refractivity contribution >= 4 is 46.6 Å². The lowest BCUT2D eigenvalue weighted by Crippen LogP contribution is -2.22. The van der Waals surface area contributed by atoms with Crippen LogP contribution in [-0.4, -0.2) is 40.3 Å². The molecule has 9 heteroatoms. The van der Waals surface area contributed by atoms with E-state index in [0.717, 1.165) is 43.1 Å². The zero-order chi connectivity index (χ0) is 23.7. The molecule has 0 atom stereocenters. The number of halogens is 1. The van der Waals surface area contributed by atoms with Crippen molar-refractivity contribution in [3.8, 4) is 0 Å². The minimum absolute atomic E-state index is 0.137. The molecule has 2 aromatic heterocycles. The van der Waals surface area contributed by atoms with Crippen molar-refractivity contribution in [2.45, 2.75) is 26.2 Å². The SMILES string of the molecule is C=C1C/C(=C\c2cnn3c(NCC4(COCC)CC4)cc(Nc4cccc(Cl)c4)nc23)C(=O)N1. The van der Waals surface area contributed by atoms with Gasteiger partial charge in [0.1, 0.15) is 11.6 Å². The summed E-state index contributed by atoms with van der Waals surface area (Å²) in [6, 6.07) is 9.41. The highest BCUT2D eigenvalue weighted by atomic mass is 35.5. The number of nitrogens with zero attached hydrogens (tertiary/aromatic N) is 3. The number of carbonyl (C=O) groups excluding carboxylic acids is 1. The Hall–Kier alpha value is -3.36. The Labute approximate surface area is 203 Å². The molecule has 2 aliphatic rings. The molecular formula is C25H27ClN6O2. The number of hydrogen-bond donors (Lipinski definition) is 3. The van der Waals surface area contributed by atoms with E-state index in [1.807, 2.05) is 43.3 Å². The molecule has 3 aromatic rings. The van der Waals surface area contributed by atoms with Gasteiger partial charge in [0.15, 0.2) is 5.65 Å². The van der Waals surface area contributed by atoms with E-state index in [9.17, 15) is 4.79 Å². The molecular weight excluding hydrogens is 452 g/mol. The lowest BCUT2D eigenvalue weighted by Gasteiger charge is -2.18. The van der Waals surface area contributed by atoms with Crippen LogP contribution in [0.4, 0.5) is 17.3 Å². The highest BCUT2D eigenvalue weighted by molar-refractivity contribution is 6.30. The molecule has 3 heterocycles. The van der Waals surface area contributed by atoms with Crippen LogP contribution < -0.4 is 16.0 Å². The predicted octanol–water partition coefficient (Wildman–Crippen LogP) is 4.77. The van der Waals surface area contributed by atoms with Gasteiger partial charge in [-0.1, -0.05) is 24.2 Å². The number of nitrogens with one attached hydrogen (secondary N) is 3. The van der Waals surface area contributed by atoms with Crippen molar-refractivity contribution in [1.29, 1.82) is 0 Å². The van der Waals surface area contributed by atoms with E-state index in [4.69, 9.17) is 21.3 Å². The Bertz CT molecular complexity index is 1290. The fraction of sp³-hybridized carbons (Fsp3) is 0.320. The number of amides is 1. The normalized spacial score (nSPS) is 17.9. The quantitative estimate of drug-likeness (QED) is 0.383. The van der Waals surface area contributed by atoms with Crippen molar-refractivity contribution in [2.24, 2.45) is 5.41 Å². The average molecular weight is 479 g/mol. The van der Waals surface area contributed by atoms with E-state index in [0.29, 0.717) is 40.8 Å². The van der Waals surface area contributed by atoms with Gasteiger partial charge in [0.05, 0.1) is 12.8 Å². The molecule has 1 aromatic carbocycles. The number of allylic oxidation sites excluding steroid dienone is 1. The van der Waals surface area contributed by atoms with E-state index in [-0.39, 0.29) is 11.3 Å². The van der Waals surface area contributed by atoms with Crippen LogP contribution in [0.5, 0.6) is 0 Å². The lowest BCUT2D eigenvalue weighted by molar-refractivity contribution is -0.115. The second-order valence-corrected chi connectivity index (χ2v) is 9.33. The van der Waals surface area contributed by atoms with Gasteiger partial charge < -0.3 is 20.7 Å². The molecule has 0 unspecified atom stereocenters. The van der Waals surface area contributed by atoms with Crippen LogP contribution in [-0.2, 0) is 9.53 Å². The van der Waals surface area contributed by atoms with Crippen LogP contribution in [0.2, 0.25) is 5.02 Å². The summed E-state index contributed by atoms with van der Waals surface area (Å²) in [5.74, 6) is 1.32. The predicted molar refractivity (Wildman–Crippen MR) is 134 cm³/mol. The Balaban J connectivity index is 1.50. The van der Waals surface area contributed by atoms with Gasteiger partial charge in [-0.25, -0.2) is 4.98 Å². The molecule has 1 aliphatic heterocycles. The van der Waals surface area contributed by atoms with E-state index in [1.54, 1.807) is 10.7 Å². The number of fused-ring (bicyclic) bond motifs is 1. The maximum Gasteiger partial charge on any atom is 0.251 e. The second-order valence-electron chi connectivity index (χ2n) is 8.89. The minimum atomic E-state index is -0.137. The number of rotatable bonds is 9. The van der Waals surface area contributed by atoms with Gasteiger partial charge in [0, 0.05) is 58.6 Å². The first-order chi connectivity index (χ1) is 16.4. The van der Waals surface area contributed by atoms with Crippen molar-refractivity contribution < 1.29 is 9.53 Å². The molecule has 1 saturated carbocycles. The second kappa shape index (κ2) is 9.12. The van der Waals surface area contributed by atoms with E-state index in [1.165, 1.54) is 0 Å². The molecule has 5 rings (SSSR count). The number of aromatic nitrogens is 3. The largest absolute Gasteiger partial charge is 0.381 e. The first kappa shape index (κ1) is 22.4. The number of hydrogen-bond acceptors (Lipinski definition) is 6. The highest BCUT2D eigenvalue weighted by Crippen LogP contribution is 2.46. The number of ether oxygens (including phenoxy) is 1. The molecule has 0 bridgehead atoms. The Morgan fingerprint density at radius 1 is 1.35 bits per heavy atom. The first-order valence-electron chi connectivity index (χ1n) is 11.4. The lowest BCUT2D eigenvalue weighted by atomic mass is 10.1. The third-order valence-electron chi connectivity index (χ3n) is 6.13. The standard InChI is InChI=1S/C25H27ClN6O2/c1-3-34-15-25(7-8-25)14-27-22-12-21(30-20-6-4-5-19(26)11-20)31-23-18(13-28-32(22)23)10-17-9-16(2)29-24(17)33/h4-6,10-13,27H,2-3,7-9,14-15H2,1H3,(H,29,33)(H,30,31)/b17-10+. The molecule has 0 spiro atoms. The monoisotopic (exact) mass is 478 g/mol. The molecule has 1 amide bonds. The first-order valence-corrected chi connectivity index (χ1v) is 11.8. The molecule has 1 saturated heterocycles. The molecule has 0 radical (unpaired) electrons. The van der Waals surface area contributed by atoms with Gasteiger partial charge in [-0.05, 0) is 44.0 Å². The smallest absolute Gasteiger partial charge is 0.251 e. The van der Waals surface area contributed by atoms with Crippen LogP contribution in [0.25, 0.3) is 11.7 Å². The van der Waals surface area contributed by atoms with Crippen LogP contribution in [0.3, 0.4) is 0 Å². The third-order valence-corrected chi connectivity index (χ3v) is 6.36. The van der Waals surface area contributed by atoms with Gasteiger partial charge in [0.25, 0.3) is 5.91 Å². The zero-order valence-electron chi connectivity index (χ0n) is 19.0. The average Bonchev–Trinajstić information content (AvgIpc) is 3.36. The fourth-order valence-corrected chi connectivity index (χ4v) is 4.22. The summed E-state index contributed by atoms with van der Waals surface area (Å²) in [7, 11) is 0. The van der Waals surface area contributed by atoms with Crippen LogP contribution in [0, 0.1) is 5.41 Å². The van der Waals surface area contributed by atoms with Crippen molar-refractivity contribution in [2.75, 3.05) is 30.4 Å². The van der Waals surface area contributed by atoms with Gasteiger partial charge in [-0.3, -0.25) is 4.79 Å². The molecule has 1 aliphatic carbocycles. The summed E-state index contributed by atoms with van der Waals surface area (Å²) in [4.78, 5) is 17.0. The van der Waals surface area contributed by atoms with Gasteiger partial charge in [0.2, 0.25) is 0 Å². The van der Waals surface area contributed by atoms with Gasteiger partial charge >= 0.3 is 0 Å². The van der Waals surface area contributed by atoms with Crippen molar-refractivity contribution in [1.82, 2.24) is 19.9 Å². The summed E-state index contributed by atoms with van der Waals surface area (Å²) in [5, 5.41) is 14.8. The Kier molecular flexibility index (Phi) is 6.02. The highest BCUT2D eigenvalue weighted by Gasteiger charge is 2.42. The maximum absolute atomic E-state index is 12.2. The number of carbonyl (C=O) groups is 1. The number of anilines is 3. The third kappa shape index (κ3) is 4.78. The summed E-state index contributed by atoms with van der Waals surface area (Å²) < 4.78 is 7.47. The van der Waals surface area contributed by atoms with E-state index >= 15 is 0 Å². The van der Waals surface area contributed by atoms with Crippen molar-refractivity contribution in [3.63, 3.8) is 0 Å². The zero-order valence-corrected chi connectivity index (χ0v) is 19.8. The van der Waals surface area contributed by atoms with Crippen LogP contribution >= 0.6 is 11.6 Å². The molecule has 3 N–H and O–H groups in total. The summed E-state index contributed by atoms with van der Waals surface area (Å²) in [5.41, 5.74) is 3.71. The number of benzene rings is 1. The molecule has 2 fully saturated rings. The van der Waals surface area contributed by atoms with E-state index in [2.05, 4.69) is 27.6 Å². The summed E-state index contributed by atoms with van der Waals surface area (Å²) >= 11 is 6.16. The topological polar surface area (TPSA) is 92.6 Å². The van der Waals surface area contributed by atoms with Crippen LogP contribution in [0.1, 0.15) is 31.7 Å². The van der Waals surface area contributed by atoms with Crippen LogP contribution in [0.15, 0.2) is 54.4 Å². The molecule has 34 heavy (non-hydrogen) atoms. The fourth-order valence-electron chi connectivity index (χ4n) is 4.03. The van der Waals surface area contributed by atoms with E-state index < -0.39 is 0 Å². The van der Waals surface area contributed by atoms with Gasteiger partial charge in [-0.15, -0.1) is 0 Å². The Morgan fingerprint density at radius 3 is 2.91 bits per heavy atom. The molecule has 8 nitrogen and oxygen atoms in total. The van der Waals surface area contributed by atoms with Gasteiger partial charge in [-0.2, -0.15) is 9.61 Å². The van der Waals surface area contributed by atoms with Crippen molar-refractivity contribution in [3.05, 3.63) is 65.0 Å². The minimum Gasteiger partial charge on any atom is -0.381 e. The molecule has 176 valence electrons. The maximum atomic E-state index is 12.2. The summed E-state index contributed by atoms with van der Waals surface area (Å²) in [6.45, 7) is 8.11.